The Bertz CT molecular complexity index is 379. The molecule has 1 fully saturated rings. The summed E-state index contributed by atoms with van der Waals surface area (Å²) in [6, 6.07) is 2.28. The van der Waals surface area contributed by atoms with Crippen LogP contribution in [-0.2, 0) is 0 Å². The standard InChI is InChI=1S/C12H22N6/c1-3-18-6-4-9(5-7-18)17(2)11-8-10(13)15-12(14)16-11/h8-9H,3-7H2,1-2H3,(H4,13,14,15,16). The Balaban J connectivity index is 2.05. The van der Waals surface area contributed by atoms with Crippen LogP contribution in [0.3, 0.4) is 0 Å². The van der Waals surface area contributed by atoms with Crippen molar-refractivity contribution < 1.29 is 0 Å². The molecule has 0 amide bonds. The number of anilines is 3. The van der Waals surface area contributed by atoms with E-state index in [4.69, 9.17) is 11.5 Å². The summed E-state index contributed by atoms with van der Waals surface area (Å²) in [7, 11) is 2.05. The summed E-state index contributed by atoms with van der Waals surface area (Å²) in [4.78, 5) is 12.8. The summed E-state index contributed by atoms with van der Waals surface area (Å²) in [5.74, 6) is 1.48. The number of nitrogen functional groups attached to an aromatic ring is 2. The molecule has 0 radical (unpaired) electrons. The van der Waals surface area contributed by atoms with E-state index in [1.54, 1.807) is 6.07 Å². The third kappa shape index (κ3) is 2.81. The zero-order chi connectivity index (χ0) is 13.1. The number of likely N-dealkylation sites (tertiary alicyclic amines) is 1. The lowest BCUT2D eigenvalue weighted by molar-refractivity contribution is 0.220. The first-order valence-corrected chi connectivity index (χ1v) is 6.45. The molecule has 18 heavy (non-hydrogen) atoms. The second-order valence-electron chi connectivity index (χ2n) is 4.79. The fraction of sp³-hybridized carbons (Fsp3) is 0.667. The van der Waals surface area contributed by atoms with E-state index in [0.29, 0.717) is 11.9 Å². The number of rotatable bonds is 3. The summed E-state index contributed by atoms with van der Waals surface area (Å²) < 4.78 is 0. The Morgan fingerprint density at radius 1 is 1.33 bits per heavy atom. The van der Waals surface area contributed by atoms with E-state index in [2.05, 4.69) is 26.7 Å². The van der Waals surface area contributed by atoms with Gasteiger partial charge in [0.05, 0.1) is 0 Å². The Labute approximate surface area is 108 Å². The molecule has 2 rings (SSSR count). The molecule has 1 aliphatic heterocycles. The minimum Gasteiger partial charge on any atom is -0.383 e. The number of hydrogen-bond acceptors (Lipinski definition) is 6. The van der Waals surface area contributed by atoms with E-state index in [-0.39, 0.29) is 5.95 Å². The predicted octanol–water partition coefficient (Wildman–Crippen LogP) is 0.562. The van der Waals surface area contributed by atoms with Crippen LogP contribution < -0.4 is 16.4 Å². The van der Waals surface area contributed by atoms with Gasteiger partial charge in [0.25, 0.3) is 0 Å². The molecule has 0 spiro atoms. The molecule has 6 heteroatoms. The lowest BCUT2D eigenvalue weighted by Gasteiger charge is -2.36. The van der Waals surface area contributed by atoms with Gasteiger partial charge in [-0.1, -0.05) is 6.92 Å². The van der Waals surface area contributed by atoms with Crippen molar-refractivity contribution in [2.45, 2.75) is 25.8 Å². The molecule has 0 bridgehead atoms. The molecule has 1 saturated heterocycles. The van der Waals surface area contributed by atoms with Gasteiger partial charge in [-0.15, -0.1) is 0 Å². The van der Waals surface area contributed by atoms with Crippen LogP contribution >= 0.6 is 0 Å². The van der Waals surface area contributed by atoms with Crippen molar-refractivity contribution in [1.82, 2.24) is 14.9 Å². The molecule has 1 aromatic rings. The van der Waals surface area contributed by atoms with Crippen molar-refractivity contribution in [3.63, 3.8) is 0 Å². The van der Waals surface area contributed by atoms with Crippen LogP contribution in [-0.4, -0.2) is 47.6 Å². The van der Waals surface area contributed by atoms with Gasteiger partial charge in [0, 0.05) is 32.2 Å². The smallest absolute Gasteiger partial charge is 0.223 e. The number of piperidine rings is 1. The van der Waals surface area contributed by atoms with Crippen LogP contribution in [0.25, 0.3) is 0 Å². The van der Waals surface area contributed by atoms with Gasteiger partial charge < -0.3 is 21.3 Å². The number of aromatic nitrogens is 2. The molecule has 0 aromatic carbocycles. The van der Waals surface area contributed by atoms with Crippen LogP contribution in [0.15, 0.2) is 6.07 Å². The average Bonchev–Trinajstić information content (AvgIpc) is 2.37. The highest BCUT2D eigenvalue weighted by Crippen LogP contribution is 2.22. The molecular weight excluding hydrogens is 228 g/mol. The van der Waals surface area contributed by atoms with Crippen LogP contribution in [0.1, 0.15) is 19.8 Å². The summed E-state index contributed by atoms with van der Waals surface area (Å²) in [5, 5.41) is 0. The molecule has 0 unspecified atom stereocenters. The molecule has 1 aliphatic rings. The third-order valence-electron chi connectivity index (χ3n) is 3.66. The van der Waals surface area contributed by atoms with Crippen molar-refractivity contribution >= 4 is 17.6 Å². The first-order chi connectivity index (χ1) is 8.60. The quantitative estimate of drug-likeness (QED) is 0.815. The van der Waals surface area contributed by atoms with Crippen molar-refractivity contribution in [3.8, 4) is 0 Å². The van der Waals surface area contributed by atoms with Gasteiger partial charge in [-0.3, -0.25) is 0 Å². The van der Waals surface area contributed by atoms with Gasteiger partial charge in [0.1, 0.15) is 11.6 Å². The van der Waals surface area contributed by atoms with Crippen LogP contribution in [0.4, 0.5) is 17.6 Å². The molecule has 100 valence electrons. The Morgan fingerprint density at radius 3 is 2.56 bits per heavy atom. The van der Waals surface area contributed by atoms with E-state index < -0.39 is 0 Å². The zero-order valence-electron chi connectivity index (χ0n) is 11.1. The summed E-state index contributed by atoms with van der Waals surface area (Å²) in [5.41, 5.74) is 11.3. The minimum absolute atomic E-state index is 0.239. The molecule has 0 atom stereocenters. The van der Waals surface area contributed by atoms with Crippen LogP contribution in [0.5, 0.6) is 0 Å². The average molecular weight is 250 g/mol. The lowest BCUT2D eigenvalue weighted by Crippen LogP contribution is -2.43. The maximum absolute atomic E-state index is 5.70. The monoisotopic (exact) mass is 250 g/mol. The highest BCUT2D eigenvalue weighted by atomic mass is 15.2. The number of nitrogens with two attached hydrogens (primary N) is 2. The van der Waals surface area contributed by atoms with Crippen LogP contribution in [0, 0.1) is 0 Å². The van der Waals surface area contributed by atoms with Gasteiger partial charge in [-0.25, -0.2) is 0 Å². The highest BCUT2D eigenvalue weighted by Gasteiger charge is 2.22. The molecule has 4 N–H and O–H groups in total. The van der Waals surface area contributed by atoms with Gasteiger partial charge in [0.15, 0.2) is 0 Å². The maximum atomic E-state index is 5.70. The van der Waals surface area contributed by atoms with Gasteiger partial charge in [-0.05, 0) is 19.4 Å². The Morgan fingerprint density at radius 2 is 2.00 bits per heavy atom. The second kappa shape index (κ2) is 5.39. The number of nitrogens with zero attached hydrogens (tertiary/aromatic N) is 4. The van der Waals surface area contributed by atoms with Crippen molar-refractivity contribution in [3.05, 3.63) is 6.07 Å². The zero-order valence-corrected chi connectivity index (χ0v) is 11.1. The van der Waals surface area contributed by atoms with Crippen molar-refractivity contribution in [2.75, 3.05) is 43.0 Å². The molecule has 6 nitrogen and oxygen atoms in total. The normalized spacial score (nSPS) is 17.9. The summed E-state index contributed by atoms with van der Waals surface area (Å²) in [6.07, 6.45) is 2.29. The van der Waals surface area contributed by atoms with E-state index in [1.165, 1.54) is 0 Å². The maximum Gasteiger partial charge on any atom is 0.223 e. The van der Waals surface area contributed by atoms with E-state index >= 15 is 0 Å². The minimum atomic E-state index is 0.239. The molecule has 2 heterocycles. The van der Waals surface area contributed by atoms with Gasteiger partial charge in [0.2, 0.25) is 5.95 Å². The van der Waals surface area contributed by atoms with E-state index in [9.17, 15) is 0 Å². The lowest BCUT2D eigenvalue weighted by atomic mass is 10.0. The molecular formula is C12H22N6. The Kier molecular flexibility index (Phi) is 3.86. The van der Waals surface area contributed by atoms with Gasteiger partial charge >= 0.3 is 0 Å². The predicted molar refractivity (Wildman–Crippen MR) is 74.4 cm³/mol. The molecule has 0 saturated carbocycles. The second-order valence-corrected chi connectivity index (χ2v) is 4.79. The topological polar surface area (TPSA) is 84.3 Å². The van der Waals surface area contributed by atoms with E-state index in [0.717, 1.165) is 38.3 Å². The first-order valence-electron chi connectivity index (χ1n) is 6.45. The first kappa shape index (κ1) is 12.9. The fourth-order valence-corrected chi connectivity index (χ4v) is 2.46. The largest absolute Gasteiger partial charge is 0.383 e. The van der Waals surface area contributed by atoms with Crippen LogP contribution in [0.2, 0.25) is 0 Å². The van der Waals surface area contributed by atoms with Gasteiger partial charge in [-0.2, -0.15) is 9.97 Å². The summed E-state index contributed by atoms with van der Waals surface area (Å²) >= 11 is 0. The fourth-order valence-electron chi connectivity index (χ4n) is 2.46. The van der Waals surface area contributed by atoms with E-state index in [1.807, 2.05) is 7.05 Å². The Hall–Kier alpha value is -1.56. The summed E-state index contributed by atoms with van der Waals surface area (Å²) in [6.45, 7) is 5.61. The SMILES string of the molecule is CCN1CCC(N(C)c2cc(N)nc(N)n2)CC1. The number of hydrogen-bond donors (Lipinski definition) is 2. The van der Waals surface area contributed by atoms with Crippen molar-refractivity contribution in [1.29, 1.82) is 0 Å². The molecule has 0 aliphatic carbocycles. The third-order valence-corrected chi connectivity index (χ3v) is 3.66. The van der Waals surface area contributed by atoms with Crippen molar-refractivity contribution in [2.24, 2.45) is 0 Å². The highest BCUT2D eigenvalue weighted by molar-refractivity contribution is 5.50. The molecule has 1 aromatic heterocycles.